The van der Waals surface area contributed by atoms with Gasteiger partial charge in [0.25, 0.3) is 6.43 Å². The van der Waals surface area contributed by atoms with E-state index in [-0.39, 0.29) is 17.6 Å². The molecule has 0 radical (unpaired) electrons. The highest BCUT2D eigenvalue weighted by molar-refractivity contribution is 5.41. The molecule has 0 amide bonds. The van der Waals surface area contributed by atoms with Crippen molar-refractivity contribution < 1.29 is 8.78 Å². The van der Waals surface area contributed by atoms with Crippen LogP contribution < -0.4 is 10.6 Å². The summed E-state index contributed by atoms with van der Waals surface area (Å²) in [6.45, 7) is 1.76. The average Bonchev–Trinajstić information content (AvgIpc) is 2.31. The van der Waals surface area contributed by atoms with Crippen LogP contribution in [0.5, 0.6) is 0 Å². The third-order valence-electron chi connectivity index (χ3n) is 2.57. The van der Waals surface area contributed by atoms with E-state index >= 15 is 0 Å². The molecule has 1 fully saturated rings. The minimum atomic E-state index is -2.59. The summed E-state index contributed by atoms with van der Waals surface area (Å²) in [4.78, 5) is 7.56. The van der Waals surface area contributed by atoms with Gasteiger partial charge in [0, 0.05) is 25.0 Å². The van der Waals surface area contributed by atoms with Crippen LogP contribution in [0.15, 0.2) is 12.4 Å². The summed E-state index contributed by atoms with van der Waals surface area (Å²) in [6, 6.07) is 0.156. The largest absolute Gasteiger partial charge is 0.364 e. The SMILES string of the molecule is FC(F)c1nccnc1NC1CCCNC1. The van der Waals surface area contributed by atoms with E-state index in [0.717, 1.165) is 25.9 Å². The van der Waals surface area contributed by atoms with Gasteiger partial charge in [-0.3, -0.25) is 0 Å². The molecule has 1 saturated heterocycles. The van der Waals surface area contributed by atoms with E-state index < -0.39 is 6.43 Å². The zero-order valence-corrected chi connectivity index (χ0v) is 8.79. The van der Waals surface area contributed by atoms with Gasteiger partial charge in [-0.1, -0.05) is 0 Å². The molecule has 0 aliphatic carbocycles. The van der Waals surface area contributed by atoms with Gasteiger partial charge < -0.3 is 10.6 Å². The van der Waals surface area contributed by atoms with E-state index in [9.17, 15) is 8.78 Å². The van der Waals surface area contributed by atoms with E-state index in [1.807, 2.05) is 0 Å². The smallest absolute Gasteiger partial charge is 0.283 e. The molecular weight excluding hydrogens is 214 g/mol. The normalized spacial score (nSPS) is 21.1. The lowest BCUT2D eigenvalue weighted by Gasteiger charge is -2.24. The fourth-order valence-electron chi connectivity index (χ4n) is 1.79. The summed E-state index contributed by atoms with van der Waals surface area (Å²) >= 11 is 0. The molecule has 0 saturated carbocycles. The molecule has 1 atom stereocenters. The van der Waals surface area contributed by atoms with Gasteiger partial charge in [0.15, 0.2) is 5.82 Å². The van der Waals surface area contributed by atoms with E-state index in [1.54, 1.807) is 0 Å². The van der Waals surface area contributed by atoms with Crippen molar-refractivity contribution in [2.75, 3.05) is 18.4 Å². The molecule has 0 spiro atoms. The number of piperidine rings is 1. The van der Waals surface area contributed by atoms with Gasteiger partial charge in [-0.15, -0.1) is 0 Å². The van der Waals surface area contributed by atoms with Gasteiger partial charge in [0.1, 0.15) is 5.69 Å². The van der Waals surface area contributed by atoms with Crippen LogP contribution >= 0.6 is 0 Å². The average molecular weight is 228 g/mol. The van der Waals surface area contributed by atoms with Crippen molar-refractivity contribution in [2.24, 2.45) is 0 Å². The molecular formula is C10H14F2N4. The Kier molecular flexibility index (Phi) is 3.61. The molecule has 1 aromatic heterocycles. The number of halogens is 2. The maximum absolute atomic E-state index is 12.6. The van der Waals surface area contributed by atoms with Gasteiger partial charge in [-0.25, -0.2) is 18.7 Å². The zero-order valence-electron chi connectivity index (χ0n) is 8.79. The standard InChI is InChI=1S/C10H14F2N4/c11-9(12)8-10(15-5-4-14-8)16-7-2-1-3-13-6-7/h4-5,7,9,13H,1-3,6H2,(H,15,16). The van der Waals surface area contributed by atoms with Crippen molar-refractivity contribution >= 4 is 5.82 Å². The molecule has 1 unspecified atom stereocenters. The van der Waals surface area contributed by atoms with E-state index in [2.05, 4.69) is 20.6 Å². The Morgan fingerprint density at radius 2 is 2.19 bits per heavy atom. The van der Waals surface area contributed by atoms with Gasteiger partial charge in [-0.05, 0) is 19.4 Å². The Balaban J connectivity index is 2.07. The van der Waals surface area contributed by atoms with Crippen LogP contribution in [0.4, 0.5) is 14.6 Å². The van der Waals surface area contributed by atoms with Crippen LogP contribution in [0.2, 0.25) is 0 Å². The van der Waals surface area contributed by atoms with Crippen LogP contribution in [0.25, 0.3) is 0 Å². The number of nitrogens with one attached hydrogen (secondary N) is 2. The number of alkyl halides is 2. The monoisotopic (exact) mass is 228 g/mol. The maximum atomic E-state index is 12.6. The summed E-state index contributed by atoms with van der Waals surface area (Å²) in [5, 5.41) is 6.22. The molecule has 6 heteroatoms. The Labute approximate surface area is 92.5 Å². The number of hydrogen-bond donors (Lipinski definition) is 2. The number of hydrogen-bond acceptors (Lipinski definition) is 4. The van der Waals surface area contributed by atoms with Crippen LogP contribution in [0.3, 0.4) is 0 Å². The van der Waals surface area contributed by atoms with Crippen LogP contribution in [-0.4, -0.2) is 29.1 Å². The molecule has 16 heavy (non-hydrogen) atoms. The Bertz CT molecular complexity index is 339. The number of nitrogens with zero attached hydrogens (tertiary/aromatic N) is 2. The van der Waals surface area contributed by atoms with Gasteiger partial charge in [0.2, 0.25) is 0 Å². The molecule has 1 aliphatic heterocycles. The summed E-state index contributed by atoms with van der Waals surface area (Å²) in [5.41, 5.74) is -0.270. The maximum Gasteiger partial charge on any atom is 0.283 e. The van der Waals surface area contributed by atoms with E-state index in [1.165, 1.54) is 12.4 Å². The Morgan fingerprint density at radius 3 is 2.88 bits per heavy atom. The van der Waals surface area contributed by atoms with Crippen molar-refractivity contribution in [3.63, 3.8) is 0 Å². The first-order valence-electron chi connectivity index (χ1n) is 5.33. The summed E-state index contributed by atoms with van der Waals surface area (Å²) in [5.74, 6) is 0.200. The molecule has 2 N–H and O–H groups in total. The topological polar surface area (TPSA) is 49.8 Å². The van der Waals surface area contributed by atoms with Crippen molar-refractivity contribution in [1.29, 1.82) is 0 Å². The van der Waals surface area contributed by atoms with E-state index in [0.29, 0.717) is 0 Å². The second kappa shape index (κ2) is 5.16. The predicted molar refractivity (Wildman–Crippen MR) is 56.5 cm³/mol. The highest BCUT2D eigenvalue weighted by atomic mass is 19.3. The number of rotatable bonds is 3. The van der Waals surface area contributed by atoms with Crippen LogP contribution in [0.1, 0.15) is 25.0 Å². The Morgan fingerprint density at radius 1 is 1.38 bits per heavy atom. The summed E-state index contributed by atoms with van der Waals surface area (Å²) < 4.78 is 25.2. The second-order valence-corrected chi connectivity index (χ2v) is 3.78. The quantitative estimate of drug-likeness (QED) is 0.824. The minimum absolute atomic E-state index is 0.156. The van der Waals surface area contributed by atoms with Gasteiger partial charge in [0.05, 0.1) is 0 Å². The third kappa shape index (κ3) is 2.63. The summed E-state index contributed by atoms with van der Waals surface area (Å²) in [7, 11) is 0. The lowest BCUT2D eigenvalue weighted by atomic mass is 10.1. The van der Waals surface area contributed by atoms with Crippen LogP contribution in [0, 0.1) is 0 Å². The molecule has 1 aliphatic rings. The fourth-order valence-corrected chi connectivity index (χ4v) is 1.79. The zero-order chi connectivity index (χ0) is 11.4. The van der Waals surface area contributed by atoms with Crippen LogP contribution in [-0.2, 0) is 0 Å². The third-order valence-corrected chi connectivity index (χ3v) is 2.57. The lowest BCUT2D eigenvalue weighted by Crippen LogP contribution is -2.38. The summed E-state index contributed by atoms with van der Waals surface area (Å²) in [6.07, 6.45) is 2.12. The van der Waals surface area contributed by atoms with Gasteiger partial charge >= 0.3 is 0 Å². The minimum Gasteiger partial charge on any atom is -0.364 e. The first kappa shape index (κ1) is 11.2. The molecule has 4 nitrogen and oxygen atoms in total. The highest BCUT2D eigenvalue weighted by Crippen LogP contribution is 2.23. The van der Waals surface area contributed by atoms with Crippen molar-refractivity contribution in [2.45, 2.75) is 25.3 Å². The molecule has 2 heterocycles. The molecule has 1 aromatic rings. The number of aromatic nitrogens is 2. The second-order valence-electron chi connectivity index (χ2n) is 3.78. The molecule has 0 aromatic carbocycles. The predicted octanol–water partition coefficient (Wildman–Crippen LogP) is 1.58. The first-order valence-corrected chi connectivity index (χ1v) is 5.33. The molecule has 0 bridgehead atoms. The molecule has 2 rings (SSSR count). The van der Waals surface area contributed by atoms with Gasteiger partial charge in [-0.2, -0.15) is 0 Å². The van der Waals surface area contributed by atoms with E-state index in [4.69, 9.17) is 0 Å². The lowest BCUT2D eigenvalue weighted by molar-refractivity contribution is 0.146. The first-order chi connectivity index (χ1) is 7.77. The van der Waals surface area contributed by atoms with Crippen molar-refractivity contribution in [3.8, 4) is 0 Å². The van der Waals surface area contributed by atoms with Crippen molar-refractivity contribution in [3.05, 3.63) is 18.1 Å². The molecule has 88 valence electrons. The van der Waals surface area contributed by atoms with Crippen molar-refractivity contribution in [1.82, 2.24) is 15.3 Å². The Hall–Kier alpha value is -1.30. The fraction of sp³-hybridized carbons (Fsp3) is 0.600. The highest BCUT2D eigenvalue weighted by Gasteiger charge is 2.19. The number of anilines is 1.